The van der Waals surface area contributed by atoms with E-state index in [1.54, 1.807) is 12.1 Å². The fourth-order valence-corrected chi connectivity index (χ4v) is 2.20. The van der Waals surface area contributed by atoms with E-state index in [2.05, 4.69) is 15.0 Å². The van der Waals surface area contributed by atoms with Crippen LogP contribution in [0.25, 0.3) is 22.8 Å². The van der Waals surface area contributed by atoms with Gasteiger partial charge >= 0.3 is 0 Å². The molecule has 0 fully saturated rings. The molecule has 1 heterocycles. The molecule has 0 radical (unpaired) electrons. The Morgan fingerprint density at radius 2 is 1.48 bits per heavy atom. The van der Waals surface area contributed by atoms with Gasteiger partial charge in [-0.05, 0) is 23.7 Å². The van der Waals surface area contributed by atoms with Gasteiger partial charge in [0, 0.05) is 5.56 Å². The summed E-state index contributed by atoms with van der Waals surface area (Å²) >= 11 is 11.7. The molecular weight excluding hydrogens is 312 g/mol. The van der Waals surface area contributed by atoms with Crippen molar-refractivity contribution < 1.29 is 4.39 Å². The number of aromatic nitrogens is 3. The van der Waals surface area contributed by atoms with Crippen LogP contribution in [0.3, 0.4) is 0 Å². The molecule has 0 spiro atoms. The first-order valence-electron chi connectivity index (χ1n) is 6.06. The molecule has 0 aliphatic carbocycles. The molecule has 3 aromatic rings. The monoisotopic (exact) mass is 319 g/mol. The Morgan fingerprint density at radius 3 is 2.24 bits per heavy atom. The number of benzene rings is 2. The summed E-state index contributed by atoms with van der Waals surface area (Å²) in [5, 5.41) is 0.00326. The SMILES string of the molecule is Fc1c(Cl)cccc1-c1nc(Cl)nc(-c2ccccc2)n1. The molecular formula is C15H8Cl2FN3. The summed E-state index contributed by atoms with van der Waals surface area (Å²) in [6, 6.07) is 13.9. The standard InChI is InChI=1S/C15H8Cl2FN3/c16-11-8-4-7-10(12(11)18)14-19-13(20-15(17)21-14)9-5-2-1-3-6-9/h1-8H. The van der Waals surface area contributed by atoms with Crippen LogP contribution in [0.5, 0.6) is 0 Å². The third kappa shape index (κ3) is 2.86. The third-order valence-corrected chi connectivity index (χ3v) is 3.29. The maximum absolute atomic E-state index is 14.1. The van der Waals surface area contributed by atoms with Gasteiger partial charge < -0.3 is 0 Å². The molecule has 0 amide bonds. The largest absolute Gasteiger partial charge is 0.226 e. The smallest absolute Gasteiger partial charge is 0.208 e. The summed E-state index contributed by atoms with van der Waals surface area (Å²) in [7, 11) is 0. The lowest BCUT2D eigenvalue weighted by Crippen LogP contribution is -1.98. The predicted molar refractivity (Wildman–Crippen MR) is 80.7 cm³/mol. The number of rotatable bonds is 2. The van der Waals surface area contributed by atoms with Crippen LogP contribution in [0.4, 0.5) is 4.39 Å². The van der Waals surface area contributed by atoms with Crippen molar-refractivity contribution in [3.8, 4) is 22.8 Å². The number of halogens is 3. The van der Waals surface area contributed by atoms with Crippen molar-refractivity contribution in [2.45, 2.75) is 0 Å². The van der Waals surface area contributed by atoms with E-state index in [0.717, 1.165) is 5.56 Å². The summed E-state index contributed by atoms with van der Waals surface area (Å²) in [6.45, 7) is 0. The van der Waals surface area contributed by atoms with Crippen molar-refractivity contribution >= 4 is 23.2 Å². The second-order valence-corrected chi connectivity index (χ2v) is 4.96. The highest BCUT2D eigenvalue weighted by Gasteiger charge is 2.14. The number of hydrogen-bond acceptors (Lipinski definition) is 3. The number of nitrogens with zero attached hydrogens (tertiary/aromatic N) is 3. The van der Waals surface area contributed by atoms with E-state index in [4.69, 9.17) is 23.2 Å². The molecule has 2 aromatic carbocycles. The summed E-state index contributed by atoms with van der Waals surface area (Å²) in [4.78, 5) is 12.3. The molecule has 0 aliphatic rings. The first kappa shape index (κ1) is 13.9. The zero-order valence-corrected chi connectivity index (χ0v) is 12.1. The zero-order chi connectivity index (χ0) is 14.8. The van der Waals surface area contributed by atoms with E-state index in [9.17, 15) is 4.39 Å². The average Bonchev–Trinajstić information content (AvgIpc) is 2.50. The quantitative estimate of drug-likeness (QED) is 0.690. The second-order valence-electron chi connectivity index (χ2n) is 4.22. The normalized spacial score (nSPS) is 10.6. The van der Waals surface area contributed by atoms with Gasteiger partial charge in [0.05, 0.1) is 10.6 Å². The average molecular weight is 320 g/mol. The third-order valence-electron chi connectivity index (χ3n) is 2.83. The molecule has 0 unspecified atom stereocenters. The van der Waals surface area contributed by atoms with Crippen LogP contribution in [0.1, 0.15) is 0 Å². The molecule has 1 aromatic heterocycles. The lowest BCUT2D eigenvalue weighted by Gasteiger charge is -2.06. The van der Waals surface area contributed by atoms with Crippen molar-refractivity contribution in [1.82, 2.24) is 15.0 Å². The van der Waals surface area contributed by atoms with Crippen LogP contribution in [0.15, 0.2) is 48.5 Å². The fraction of sp³-hybridized carbons (Fsp3) is 0. The summed E-state index contributed by atoms with van der Waals surface area (Å²) in [5.74, 6) is -0.0562. The first-order valence-corrected chi connectivity index (χ1v) is 6.82. The lowest BCUT2D eigenvalue weighted by molar-refractivity contribution is 0.630. The summed E-state index contributed by atoms with van der Waals surface area (Å²) in [5.41, 5.74) is 0.953. The first-order chi connectivity index (χ1) is 10.1. The molecule has 3 rings (SSSR count). The molecule has 0 aliphatic heterocycles. The molecule has 0 saturated heterocycles. The number of hydrogen-bond donors (Lipinski definition) is 0. The van der Waals surface area contributed by atoms with Gasteiger partial charge in [0.1, 0.15) is 0 Å². The molecule has 0 saturated carbocycles. The van der Waals surface area contributed by atoms with E-state index in [0.29, 0.717) is 5.82 Å². The summed E-state index contributed by atoms with van der Waals surface area (Å²) in [6.07, 6.45) is 0. The van der Waals surface area contributed by atoms with Crippen molar-refractivity contribution in [3.63, 3.8) is 0 Å². The molecule has 0 atom stereocenters. The Morgan fingerprint density at radius 1 is 0.762 bits per heavy atom. The van der Waals surface area contributed by atoms with Crippen molar-refractivity contribution in [2.24, 2.45) is 0 Å². The second kappa shape index (κ2) is 5.76. The van der Waals surface area contributed by atoms with Gasteiger partial charge in [-0.1, -0.05) is 48.0 Å². The van der Waals surface area contributed by atoms with Crippen LogP contribution in [0, 0.1) is 5.82 Å². The highest BCUT2D eigenvalue weighted by atomic mass is 35.5. The minimum absolute atomic E-state index is 0.00164. The minimum Gasteiger partial charge on any atom is -0.208 e. The molecule has 104 valence electrons. The molecule has 6 heteroatoms. The Bertz CT molecular complexity index is 794. The highest BCUT2D eigenvalue weighted by molar-refractivity contribution is 6.31. The zero-order valence-electron chi connectivity index (χ0n) is 10.6. The van der Waals surface area contributed by atoms with Crippen LogP contribution in [0.2, 0.25) is 10.3 Å². The van der Waals surface area contributed by atoms with Crippen molar-refractivity contribution in [2.75, 3.05) is 0 Å². The van der Waals surface area contributed by atoms with E-state index in [-0.39, 0.29) is 21.7 Å². The Hall–Kier alpha value is -2.04. The highest BCUT2D eigenvalue weighted by Crippen LogP contribution is 2.27. The van der Waals surface area contributed by atoms with Gasteiger partial charge in [0.2, 0.25) is 5.28 Å². The molecule has 21 heavy (non-hydrogen) atoms. The Kier molecular flexibility index (Phi) is 3.82. The van der Waals surface area contributed by atoms with Gasteiger partial charge in [-0.2, -0.15) is 9.97 Å². The molecule has 0 bridgehead atoms. The minimum atomic E-state index is -0.583. The maximum atomic E-state index is 14.1. The molecule has 3 nitrogen and oxygen atoms in total. The van der Waals surface area contributed by atoms with E-state index < -0.39 is 5.82 Å². The van der Waals surface area contributed by atoms with Gasteiger partial charge in [-0.3, -0.25) is 0 Å². The van der Waals surface area contributed by atoms with Gasteiger partial charge in [0.25, 0.3) is 0 Å². The van der Waals surface area contributed by atoms with E-state index in [1.807, 2.05) is 30.3 Å². The topological polar surface area (TPSA) is 38.7 Å². The van der Waals surface area contributed by atoms with Gasteiger partial charge in [-0.25, -0.2) is 9.37 Å². The van der Waals surface area contributed by atoms with Crippen LogP contribution < -0.4 is 0 Å². The van der Waals surface area contributed by atoms with Crippen LogP contribution >= 0.6 is 23.2 Å². The van der Waals surface area contributed by atoms with E-state index >= 15 is 0 Å². The fourth-order valence-electron chi connectivity index (χ4n) is 1.86. The Labute approximate surface area is 130 Å². The van der Waals surface area contributed by atoms with Gasteiger partial charge in [-0.15, -0.1) is 0 Å². The van der Waals surface area contributed by atoms with Gasteiger partial charge in [0.15, 0.2) is 17.5 Å². The lowest BCUT2D eigenvalue weighted by atomic mass is 10.2. The van der Waals surface area contributed by atoms with Crippen molar-refractivity contribution in [1.29, 1.82) is 0 Å². The summed E-state index contributed by atoms with van der Waals surface area (Å²) < 4.78 is 14.1. The van der Waals surface area contributed by atoms with Crippen molar-refractivity contribution in [3.05, 3.63) is 64.7 Å². The predicted octanol–water partition coefficient (Wildman–Crippen LogP) is 4.65. The maximum Gasteiger partial charge on any atom is 0.226 e. The van der Waals surface area contributed by atoms with Crippen LogP contribution in [-0.2, 0) is 0 Å². The van der Waals surface area contributed by atoms with E-state index in [1.165, 1.54) is 6.07 Å². The molecule has 0 N–H and O–H groups in total. The Balaban J connectivity index is 2.17. The van der Waals surface area contributed by atoms with Crippen LogP contribution in [-0.4, -0.2) is 15.0 Å².